The highest BCUT2D eigenvalue weighted by Gasteiger charge is 2.41. The summed E-state index contributed by atoms with van der Waals surface area (Å²) in [6.45, 7) is 6.06. The first-order valence-electron chi connectivity index (χ1n) is 10.6. The SMILES string of the molecule is CC(C)(C)c1ccc(C(NC(N)=O)(OC(=O)c2ccccc2)c2ccc(OC(F)(F)F)cc2)cc1. The summed E-state index contributed by atoms with van der Waals surface area (Å²) >= 11 is 0. The summed E-state index contributed by atoms with van der Waals surface area (Å²) < 4.78 is 47.7. The zero-order valence-electron chi connectivity index (χ0n) is 19.3. The van der Waals surface area contributed by atoms with Gasteiger partial charge in [-0.2, -0.15) is 0 Å². The molecule has 0 fully saturated rings. The Morgan fingerprint density at radius 2 is 1.26 bits per heavy atom. The highest BCUT2D eigenvalue weighted by Crippen LogP contribution is 2.35. The minimum atomic E-state index is -4.88. The van der Waals surface area contributed by atoms with Gasteiger partial charge in [-0.25, -0.2) is 9.59 Å². The molecule has 0 aliphatic rings. The molecule has 9 heteroatoms. The van der Waals surface area contributed by atoms with Crippen molar-refractivity contribution in [2.45, 2.75) is 38.3 Å². The van der Waals surface area contributed by atoms with Crippen LogP contribution in [0.2, 0.25) is 0 Å². The van der Waals surface area contributed by atoms with Crippen LogP contribution in [0.1, 0.15) is 47.8 Å². The van der Waals surface area contributed by atoms with Gasteiger partial charge in [0.2, 0.25) is 5.72 Å². The quantitative estimate of drug-likeness (QED) is 0.350. The number of alkyl halides is 3. The molecule has 2 amide bonds. The van der Waals surface area contributed by atoms with Gasteiger partial charge in [0.15, 0.2) is 0 Å². The number of carbonyl (C=O) groups excluding carboxylic acids is 2. The number of hydrogen-bond donors (Lipinski definition) is 2. The van der Waals surface area contributed by atoms with Gasteiger partial charge in [-0.1, -0.05) is 63.2 Å². The standard InChI is InChI=1S/C26H25F3N2O4/c1-24(2,3)18-9-11-19(12-10-18)25(31-23(30)33,35-22(32)17-7-5-4-6-8-17)20-13-15-21(16-14-20)34-26(27,28)29/h4-16H,1-3H3,(H3,30,31,33). The van der Waals surface area contributed by atoms with Crippen molar-refractivity contribution in [2.75, 3.05) is 0 Å². The Morgan fingerprint density at radius 1 is 0.771 bits per heavy atom. The van der Waals surface area contributed by atoms with Crippen molar-refractivity contribution in [1.29, 1.82) is 0 Å². The van der Waals surface area contributed by atoms with E-state index in [2.05, 4.69) is 10.1 Å². The minimum absolute atomic E-state index is 0.151. The number of halogens is 3. The Bertz CT molecular complexity index is 1170. The number of benzene rings is 3. The second-order valence-electron chi connectivity index (χ2n) is 8.83. The zero-order chi connectivity index (χ0) is 25.9. The van der Waals surface area contributed by atoms with E-state index in [0.717, 1.165) is 17.7 Å². The van der Waals surface area contributed by atoms with Gasteiger partial charge in [0.25, 0.3) is 0 Å². The number of carbonyl (C=O) groups is 2. The maximum atomic E-state index is 13.1. The Balaban J connectivity index is 2.16. The molecule has 1 atom stereocenters. The first-order chi connectivity index (χ1) is 16.3. The highest BCUT2D eigenvalue weighted by atomic mass is 19.4. The second kappa shape index (κ2) is 9.69. The fourth-order valence-electron chi connectivity index (χ4n) is 3.50. The summed E-state index contributed by atoms with van der Waals surface area (Å²) in [5.41, 5.74) is 5.00. The van der Waals surface area contributed by atoms with Crippen molar-refractivity contribution in [3.63, 3.8) is 0 Å². The Hall–Kier alpha value is -4.01. The molecule has 0 aliphatic heterocycles. The van der Waals surface area contributed by atoms with Crippen LogP contribution in [-0.4, -0.2) is 18.4 Å². The first-order valence-corrected chi connectivity index (χ1v) is 10.6. The number of rotatable bonds is 6. The van der Waals surface area contributed by atoms with Gasteiger partial charge in [0.05, 0.1) is 5.56 Å². The van der Waals surface area contributed by atoms with Crippen LogP contribution in [0.15, 0.2) is 78.9 Å². The molecule has 1 unspecified atom stereocenters. The normalized spacial score (nSPS) is 13.4. The molecule has 3 rings (SSSR count). The maximum absolute atomic E-state index is 13.1. The molecule has 0 radical (unpaired) electrons. The van der Waals surface area contributed by atoms with E-state index >= 15 is 0 Å². The largest absolute Gasteiger partial charge is 0.573 e. The zero-order valence-corrected chi connectivity index (χ0v) is 19.3. The lowest BCUT2D eigenvalue weighted by Gasteiger charge is -2.35. The third-order valence-corrected chi connectivity index (χ3v) is 5.21. The highest BCUT2D eigenvalue weighted by molar-refractivity contribution is 5.90. The molecule has 3 N–H and O–H groups in total. The molecule has 0 aromatic heterocycles. The average Bonchev–Trinajstić information content (AvgIpc) is 2.78. The van der Waals surface area contributed by atoms with Crippen LogP contribution in [0.5, 0.6) is 5.75 Å². The van der Waals surface area contributed by atoms with Gasteiger partial charge in [0, 0.05) is 11.1 Å². The van der Waals surface area contributed by atoms with Gasteiger partial charge in [-0.3, -0.25) is 5.32 Å². The topological polar surface area (TPSA) is 90.6 Å². The van der Waals surface area contributed by atoms with Crippen LogP contribution in [0, 0.1) is 0 Å². The predicted octanol–water partition coefficient (Wildman–Crippen LogP) is 5.61. The van der Waals surface area contributed by atoms with Gasteiger partial charge < -0.3 is 15.2 Å². The van der Waals surface area contributed by atoms with E-state index in [0.29, 0.717) is 5.56 Å². The lowest BCUT2D eigenvalue weighted by molar-refractivity contribution is -0.274. The van der Waals surface area contributed by atoms with Crippen molar-refractivity contribution in [3.8, 4) is 5.75 Å². The predicted molar refractivity (Wildman–Crippen MR) is 124 cm³/mol. The number of urea groups is 1. The first kappa shape index (κ1) is 25.6. The summed E-state index contributed by atoms with van der Waals surface area (Å²) in [6, 6.07) is 18.6. The van der Waals surface area contributed by atoms with Crippen LogP contribution in [0.3, 0.4) is 0 Å². The third kappa shape index (κ3) is 6.32. The number of amides is 2. The van der Waals surface area contributed by atoms with Crippen molar-refractivity contribution in [3.05, 3.63) is 101 Å². The molecule has 3 aromatic rings. The number of ether oxygens (including phenoxy) is 2. The molecule has 6 nitrogen and oxygen atoms in total. The number of nitrogens with two attached hydrogens (primary N) is 1. The molecule has 3 aromatic carbocycles. The summed E-state index contributed by atoms with van der Waals surface area (Å²) in [5, 5.41) is 2.49. The Labute approximate surface area is 200 Å². The maximum Gasteiger partial charge on any atom is 0.573 e. The third-order valence-electron chi connectivity index (χ3n) is 5.21. The summed E-state index contributed by atoms with van der Waals surface area (Å²) in [7, 11) is 0. The van der Waals surface area contributed by atoms with E-state index in [1.807, 2.05) is 32.9 Å². The molecule has 0 saturated heterocycles. The Morgan fingerprint density at radius 3 is 1.71 bits per heavy atom. The minimum Gasteiger partial charge on any atom is -0.426 e. The van der Waals surface area contributed by atoms with Gasteiger partial charge >= 0.3 is 18.4 Å². The van der Waals surface area contributed by atoms with Gasteiger partial charge in [0.1, 0.15) is 5.75 Å². The van der Waals surface area contributed by atoms with E-state index < -0.39 is 29.8 Å². The van der Waals surface area contributed by atoms with Crippen LogP contribution in [-0.2, 0) is 15.9 Å². The lowest BCUT2D eigenvalue weighted by atomic mass is 9.85. The van der Waals surface area contributed by atoms with E-state index in [1.54, 1.807) is 30.3 Å². The average molecular weight is 486 g/mol. The van der Waals surface area contributed by atoms with E-state index in [4.69, 9.17) is 10.5 Å². The van der Waals surface area contributed by atoms with Crippen molar-refractivity contribution in [2.24, 2.45) is 5.73 Å². The molecule has 0 heterocycles. The van der Waals surface area contributed by atoms with Crippen LogP contribution < -0.4 is 15.8 Å². The van der Waals surface area contributed by atoms with E-state index in [1.165, 1.54) is 24.3 Å². The van der Waals surface area contributed by atoms with Crippen LogP contribution in [0.25, 0.3) is 0 Å². The molecule has 184 valence electrons. The number of hydrogen-bond acceptors (Lipinski definition) is 4. The van der Waals surface area contributed by atoms with Gasteiger partial charge in [-0.05, 0) is 47.4 Å². The lowest BCUT2D eigenvalue weighted by Crippen LogP contribution is -2.52. The molecule has 0 spiro atoms. The molecular weight excluding hydrogens is 461 g/mol. The summed E-state index contributed by atoms with van der Waals surface area (Å²) in [4.78, 5) is 25.2. The van der Waals surface area contributed by atoms with E-state index in [9.17, 15) is 22.8 Å². The van der Waals surface area contributed by atoms with Crippen molar-refractivity contribution in [1.82, 2.24) is 5.32 Å². The van der Waals surface area contributed by atoms with Crippen molar-refractivity contribution < 1.29 is 32.2 Å². The van der Waals surface area contributed by atoms with E-state index in [-0.39, 0.29) is 16.5 Å². The smallest absolute Gasteiger partial charge is 0.426 e. The van der Waals surface area contributed by atoms with Crippen LogP contribution >= 0.6 is 0 Å². The van der Waals surface area contributed by atoms with Gasteiger partial charge in [-0.15, -0.1) is 13.2 Å². The monoisotopic (exact) mass is 486 g/mol. The van der Waals surface area contributed by atoms with Crippen LogP contribution in [0.4, 0.5) is 18.0 Å². The molecule has 0 aliphatic carbocycles. The number of nitrogens with one attached hydrogen (secondary N) is 1. The fourth-order valence-corrected chi connectivity index (χ4v) is 3.50. The number of primary amides is 1. The fraction of sp³-hybridized carbons (Fsp3) is 0.231. The summed E-state index contributed by atoms with van der Waals surface area (Å²) in [5.74, 6) is -1.26. The molecular formula is C26H25F3N2O4. The number of esters is 1. The molecule has 0 saturated carbocycles. The molecule has 0 bridgehead atoms. The van der Waals surface area contributed by atoms with Crippen molar-refractivity contribution >= 4 is 12.0 Å². The molecule has 35 heavy (non-hydrogen) atoms. The second-order valence-corrected chi connectivity index (χ2v) is 8.83. The Kier molecular flexibility index (Phi) is 7.09. The summed E-state index contributed by atoms with van der Waals surface area (Å²) in [6.07, 6.45) is -4.88.